The molecule has 1 N–H and O–H groups in total. The SMILES string of the molecule is COc1cc2c(cc1O)C[C@@H]1c3cc(OC)c(OC)cc3[C@@H]2CN1C. The fourth-order valence-corrected chi connectivity index (χ4v) is 4.28. The van der Waals surface area contributed by atoms with Crippen molar-refractivity contribution >= 4 is 0 Å². The Bertz CT molecular complexity index is 833. The summed E-state index contributed by atoms with van der Waals surface area (Å²) < 4.78 is 16.4. The lowest BCUT2D eigenvalue weighted by Crippen LogP contribution is -2.33. The van der Waals surface area contributed by atoms with E-state index in [1.54, 1.807) is 21.3 Å². The number of benzene rings is 2. The van der Waals surface area contributed by atoms with E-state index in [9.17, 15) is 5.11 Å². The summed E-state index contributed by atoms with van der Waals surface area (Å²) in [7, 11) is 7.07. The Balaban J connectivity index is 1.95. The summed E-state index contributed by atoms with van der Waals surface area (Å²) in [6.07, 6.45) is 0.850. The number of hydrogen-bond donors (Lipinski definition) is 1. The molecule has 25 heavy (non-hydrogen) atoms. The van der Waals surface area contributed by atoms with Crippen molar-refractivity contribution in [2.75, 3.05) is 34.9 Å². The van der Waals surface area contributed by atoms with Crippen molar-refractivity contribution in [3.8, 4) is 23.0 Å². The molecule has 2 aromatic rings. The smallest absolute Gasteiger partial charge is 0.161 e. The number of likely N-dealkylation sites (N-methyl/N-ethyl adjacent to an activating group) is 1. The number of methoxy groups -OCH3 is 3. The molecule has 0 fully saturated rings. The van der Waals surface area contributed by atoms with Gasteiger partial charge in [0.25, 0.3) is 0 Å². The van der Waals surface area contributed by atoms with Crippen LogP contribution in [0.1, 0.15) is 34.2 Å². The van der Waals surface area contributed by atoms with Crippen LogP contribution in [-0.2, 0) is 6.42 Å². The molecule has 5 nitrogen and oxygen atoms in total. The molecule has 0 aromatic heterocycles. The molecule has 2 atom stereocenters. The van der Waals surface area contributed by atoms with Crippen LogP contribution in [0.15, 0.2) is 24.3 Å². The van der Waals surface area contributed by atoms with Gasteiger partial charge in [-0.25, -0.2) is 0 Å². The molecule has 0 radical (unpaired) electrons. The number of hydrogen-bond acceptors (Lipinski definition) is 5. The lowest BCUT2D eigenvalue weighted by molar-refractivity contribution is 0.225. The number of ether oxygens (including phenoxy) is 3. The van der Waals surface area contributed by atoms with Gasteiger partial charge in [-0.3, -0.25) is 4.90 Å². The maximum absolute atomic E-state index is 10.2. The monoisotopic (exact) mass is 341 g/mol. The molecule has 3 aliphatic rings. The highest BCUT2D eigenvalue weighted by Crippen LogP contribution is 2.50. The average Bonchev–Trinajstić information content (AvgIpc) is 2.83. The molecule has 132 valence electrons. The van der Waals surface area contributed by atoms with E-state index in [1.165, 1.54) is 22.3 Å². The Labute approximate surface area is 147 Å². The van der Waals surface area contributed by atoms with E-state index in [4.69, 9.17) is 14.2 Å². The predicted molar refractivity (Wildman–Crippen MR) is 95.1 cm³/mol. The van der Waals surface area contributed by atoms with Crippen molar-refractivity contribution in [1.82, 2.24) is 4.90 Å². The summed E-state index contributed by atoms with van der Waals surface area (Å²) in [6.45, 7) is 0.925. The number of phenols is 1. The van der Waals surface area contributed by atoms with Gasteiger partial charge in [0.2, 0.25) is 0 Å². The van der Waals surface area contributed by atoms with Gasteiger partial charge in [0.05, 0.1) is 21.3 Å². The Morgan fingerprint density at radius 2 is 1.48 bits per heavy atom. The predicted octanol–water partition coefficient (Wildman–Crippen LogP) is 3.09. The zero-order valence-corrected chi connectivity index (χ0v) is 15.0. The number of rotatable bonds is 3. The molecular formula is C20H23NO4. The van der Waals surface area contributed by atoms with Gasteiger partial charge in [-0.1, -0.05) is 0 Å². The standard InChI is InChI=1S/C20H23NO4/c1-21-10-15-12-7-18(23-2)17(22)6-11(12)5-16(21)14-9-20(25-4)19(24-3)8-13(14)15/h6-9,15-16,22H,5,10H2,1-4H3/t15-,16-/m1/s1. The molecular weight excluding hydrogens is 318 g/mol. The Kier molecular flexibility index (Phi) is 3.76. The highest BCUT2D eigenvalue weighted by molar-refractivity contribution is 5.58. The fraction of sp³-hybridized carbons (Fsp3) is 0.400. The van der Waals surface area contributed by atoms with Gasteiger partial charge in [0, 0.05) is 18.5 Å². The molecule has 2 bridgehead atoms. The first-order valence-corrected chi connectivity index (χ1v) is 8.43. The van der Waals surface area contributed by atoms with Crippen LogP contribution in [0.5, 0.6) is 23.0 Å². The Morgan fingerprint density at radius 3 is 2.12 bits per heavy atom. The molecule has 2 aliphatic heterocycles. The Hall–Kier alpha value is -2.40. The molecule has 2 heterocycles. The second-order valence-electron chi connectivity index (χ2n) is 6.77. The molecule has 0 saturated carbocycles. The normalized spacial score (nSPS) is 21.3. The maximum atomic E-state index is 10.2. The third-order valence-electron chi connectivity index (χ3n) is 5.56. The first-order valence-electron chi connectivity index (χ1n) is 8.43. The van der Waals surface area contributed by atoms with E-state index in [0.29, 0.717) is 5.75 Å². The second kappa shape index (κ2) is 5.85. The van der Waals surface area contributed by atoms with Crippen molar-refractivity contribution in [3.63, 3.8) is 0 Å². The van der Waals surface area contributed by atoms with E-state index < -0.39 is 0 Å². The van der Waals surface area contributed by atoms with Crippen LogP contribution in [0, 0.1) is 0 Å². The second-order valence-corrected chi connectivity index (χ2v) is 6.77. The van der Waals surface area contributed by atoms with Crippen molar-refractivity contribution in [3.05, 3.63) is 46.5 Å². The largest absolute Gasteiger partial charge is 0.504 e. The third kappa shape index (κ3) is 2.34. The zero-order chi connectivity index (χ0) is 17.7. The van der Waals surface area contributed by atoms with E-state index in [-0.39, 0.29) is 17.7 Å². The molecule has 0 saturated heterocycles. The molecule has 5 heteroatoms. The summed E-state index contributed by atoms with van der Waals surface area (Å²) in [6, 6.07) is 8.29. The molecule has 0 spiro atoms. The molecule has 2 aromatic carbocycles. The van der Waals surface area contributed by atoms with E-state index in [2.05, 4.69) is 24.1 Å². The van der Waals surface area contributed by atoms with Crippen molar-refractivity contribution < 1.29 is 19.3 Å². The van der Waals surface area contributed by atoms with E-state index in [0.717, 1.165) is 24.5 Å². The van der Waals surface area contributed by atoms with Crippen LogP contribution in [0.3, 0.4) is 0 Å². The van der Waals surface area contributed by atoms with Crippen LogP contribution < -0.4 is 14.2 Å². The minimum atomic E-state index is 0.199. The third-order valence-corrected chi connectivity index (χ3v) is 5.56. The summed E-state index contributed by atoms with van der Waals surface area (Å²) in [5, 5.41) is 10.2. The zero-order valence-electron chi connectivity index (χ0n) is 15.0. The average molecular weight is 341 g/mol. The van der Waals surface area contributed by atoms with E-state index in [1.807, 2.05) is 12.1 Å². The van der Waals surface area contributed by atoms with Crippen molar-refractivity contribution in [2.24, 2.45) is 0 Å². The molecule has 5 rings (SSSR count). The molecule has 0 unspecified atom stereocenters. The maximum Gasteiger partial charge on any atom is 0.161 e. The summed E-state index contributed by atoms with van der Waals surface area (Å²) in [5.74, 6) is 2.44. The Morgan fingerprint density at radius 1 is 0.880 bits per heavy atom. The van der Waals surface area contributed by atoms with E-state index >= 15 is 0 Å². The number of aromatic hydroxyl groups is 1. The van der Waals surface area contributed by atoms with Crippen molar-refractivity contribution in [1.29, 1.82) is 0 Å². The lowest BCUT2D eigenvalue weighted by Gasteiger charge is -2.36. The number of fused-ring (bicyclic) bond motifs is 1. The number of nitrogens with zero attached hydrogens (tertiary/aromatic N) is 1. The topological polar surface area (TPSA) is 51.2 Å². The first-order chi connectivity index (χ1) is 12.1. The van der Waals surface area contributed by atoms with Crippen LogP contribution in [0.4, 0.5) is 0 Å². The number of phenolic OH excluding ortho intramolecular Hbond substituents is 1. The summed E-state index contributed by atoms with van der Waals surface area (Å²) in [4.78, 5) is 2.38. The van der Waals surface area contributed by atoms with Gasteiger partial charge in [-0.15, -0.1) is 0 Å². The van der Waals surface area contributed by atoms with Crippen LogP contribution >= 0.6 is 0 Å². The van der Waals surface area contributed by atoms with Crippen LogP contribution in [0.2, 0.25) is 0 Å². The van der Waals surface area contributed by atoms with Gasteiger partial charge in [0.1, 0.15) is 0 Å². The van der Waals surface area contributed by atoms with Crippen molar-refractivity contribution in [2.45, 2.75) is 18.4 Å². The molecule has 0 amide bonds. The summed E-state index contributed by atoms with van der Waals surface area (Å²) >= 11 is 0. The summed E-state index contributed by atoms with van der Waals surface area (Å²) in [5.41, 5.74) is 4.93. The van der Waals surface area contributed by atoms with Gasteiger partial charge in [-0.2, -0.15) is 0 Å². The van der Waals surface area contributed by atoms with Crippen LogP contribution in [-0.4, -0.2) is 44.9 Å². The quantitative estimate of drug-likeness (QED) is 0.930. The lowest BCUT2D eigenvalue weighted by atomic mass is 9.84. The highest BCUT2D eigenvalue weighted by atomic mass is 16.5. The fourth-order valence-electron chi connectivity index (χ4n) is 4.28. The minimum absolute atomic E-state index is 0.199. The minimum Gasteiger partial charge on any atom is -0.504 e. The molecule has 1 aliphatic carbocycles. The van der Waals surface area contributed by atoms with Gasteiger partial charge < -0.3 is 19.3 Å². The van der Waals surface area contributed by atoms with Gasteiger partial charge in [-0.05, 0) is 60.0 Å². The highest BCUT2D eigenvalue weighted by Gasteiger charge is 2.38. The van der Waals surface area contributed by atoms with Gasteiger partial charge in [0.15, 0.2) is 23.0 Å². The first kappa shape index (κ1) is 16.1. The van der Waals surface area contributed by atoms with Crippen LogP contribution in [0.25, 0.3) is 0 Å². The van der Waals surface area contributed by atoms with Gasteiger partial charge >= 0.3 is 0 Å².